The van der Waals surface area contributed by atoms with Crippen LogP contribution in [0.2, 0.25) is 18.1 Å². The summed E-state index contributed by atoms with van der Waals surface area (Å²) in [5.41, 5.74) is 3.16. The predicted octanol–water partition coefficient (Wildman–Crippen LogP) is 7.26. The van der Waals surface area contributed by atoms with Gasteiger partial charge >= 0.3 is 19.8 Å². The number of hydrogen-bond acceptors (Lipinski definition) is 27. The van der Waals surface area contributed by atoms with E-state index in [4.69, 9.17) is 84.5 Å². The summed E-state index contributed by atoms with van der Waals surface area (Å²) in [6.07, 6.45) is -25.9. The second kappa shape index (κ2) is 38.7. The highest BCUT2D eigenvalue weighted by molar-refractivity contribution is 7.47. The molecule has 0 saturated carbocycles. The largest absolute Gasteiger partial charge is 0.475 e. The van der Waals surface area contributed by atoms with E-state index in [1.165, 1.54) is 26.0 Å². The smallest absolute Gasteiger partial charge is 0.457 e. The Bertz CT molecular complexity index is 4050. The van der Waals surface area contributed by atoms with Gasteiger partial charge in [-0.05, 0) is 41.2 Å². The summed E-state index contributed by atoms with van der Waals surface area (Å²) in [6.45, 7) is 15.8. The molecule has 6 aliphatic heterocycles. The number of nitrogens with zero attached hydrogens (tertiary/aromatic N) is 1. The standard InChI is InChI=1S/C78H100N5O28PSi/c1-44(84)79-60-68(99-48(5)88)64(56(40-94-38-51-24-16-12-17-25-51)101-74(60)96-37-36-50-32-34-55(35-33-50)83(90)91)107-75-62(81-46(3)86)70(66-58(102-75)42-97-72(105-66)53-28-20-14-21-29-53)109-112(92,93)110-77-61(80-45(2)85)69(100-49(6)89)65(57(104-77)41-95-39-52-26-18-13-19-27-52)108-76-63(82-47(4)87)71(111-113(10,11)78(7,8)9)67-59(103-76)43-98-73(106-67)54-30-22-15-23-31-54/h12-35,56-77H,36-43H2,1-11H3,(H,79,84)(H,80,85)(H,81,86)(H,82,87)(H,92,93)/t56-,57-,58-,59-,60-,61-,62-,63-,64+,65+,66+,67+,68-,69-,70-,71-,72?,73?,74+,75+,76+,77-/m1/s1. The van der Waals surface area contributed by atoms with Crippen molar-refractivity contribution >= 4 is 57.4 Å². The van der Waals surface area contributed by atoms with Crippen molar-refractivity contribution in [2.45, 2.75) is 235 Å². The van der Waals surface area contributed by atoms with Gasteiger partial charge in [-0.2, -0.15) is 0 Å². The highest BCUT2D eigenvalue weighted by Gasteiger charge is 2.61. The SMILES string of the molecule is CC(=O)N[C@H]1[C@H](O[C@@H]2[C@H](OC(C)=O)[C@@H](NC(C)=O)[C@@H](OP(=O)(O)O[C@@H]3[C@@H](NC(C)=O)[C@H](O[C@@H]4[C@H](OC(C)=O)[C@@H](NC(C)=O)[C@@H](OCCc5ccc([N+](=O)[O-])cc5)O[C@@H]4COCc4ccccc4)O[C@@H]4COC(c5ccccc5)O[C@H]34)O[C@@H]2COCc2ccccc2)O[C@@H]2COC(c3ccccc3)O[C@@H]2[C@@H]1O[Si](C)(C)C(C)(C)C. The first-order chi connectivity index (χ1) is 53.9. The van der Waals surface area contributed by atoms with Gasteiger partial charge in [-0.3, -0.25) is 47.9 Å². The summed E-state index contributed by atoms with van der Waals surface area (Å²) in [6, 6.07) is 35.6. The highest BCUT2D eigenvalue weighted by Crippen LogP contribution is 2.52. The molecule has 3 unspecified atom stereocenters. The van der Waals surface area contributed by atoms with Crippen LogP contribution in [0.4, 0.5) is 5.69 Å². The fourth-order valence-electron chi connectivity index (χ4n) is 14.0. The molecule has 0 radical (unpaired) electrons. The zero-order valence-corrected chi connectivity index (χ0v) is 66.5. The third-order valence-corrected chi connectivity index (χ3v) is 25.6. The van der Waals surface area contributed by atoms with Gasteiger partial charge in [0.05, 0.1) is 57.3 Å². The number of hydrogen-bond donors (Lipinski definition) is 5. The number of ether oxygens (including phenoxy) is 15. The van der Waals surface area contributed by atoms with Gasteiger partial charge in [-0.1, -0.05) is 154 Å². The van der Waals surface area contributed by atoms with Gasteiger partial charge in [-0.25, -0.2) is 4.57 Å². The minimum absolute atomic E-state index is 0.0119. The van der Waals surface area contributed by atoms with Crippen molar-refractivity contribution in [3.05, 3.63) is 184 Å². The molecule has 5 aromatic rings. The molecule has 5 N–H and O–H groups in total. The first kappa shape index (κ1) is 86.0. The first-order valence-electron chi connectivity index (χ1n) is 37.3. The van der Waals surface area contributed by atoms with Crippen LogP contribution in [-0.4, -0.2) is 209 Å². The number of carbonyl (C=O) groups excluding carboxylic acids is 6. The molecule has 35 heteroatoms. The van der Waals surface area contributed by atoms with Crippen molar-refractivity contribution < 1.29 is 128 Å². The van der Waals surface area contributed by atoms with Gasteiger partial charge in [0.1, 0.15) is 79.1 Å². The number of phosphoric ester groups is 1. The molecule has 6 aliphatic rings. The van der Waals surface area contributed by atoms with Crippen molar-refractivity contribution in [1.29, 1.82) is 0 Å². The van der Waals surface area contributed by atoms with Crippen LogP contribution in [0.3, 0.4) is 0 Å². The molecule has 5 aromatic carbocycles. The third kappa shape index (κ3) is 22.8. The number of benzene rings is 5. The normalized spacial score (nSPS) is 31.0. The lowest BCUT2D eigenvalue weighted by atomic mass is 9.93. The van der Waals surface area contributed by atoms with Gasteiger partial charge in [-0.15, -0.1) is 0 Å². The van der Waals surface area contributed by atoms with Crippen LogP contribution in [-0.2, 0) is 137 Å². The van der Waals surface area contributed by atoms with Gasteiger partial charge in [0.2, 0.25) is 23.6 Å². The predicted molar refractivity (Wildman–Crippen MR) is 399 cm³/mol. The topological polar surface area (TPSA) is 397 Å². The summed E-state index contributed by atoms with van der Waals surface area (Å²) in [5, 5.41) is 22.4. The number of nitrogens with one attached hydrogen (secondary N) is 4. The number of nitro groups is 1. The Morgan fingerprint density at radius 3 is 1.32 bits per heavy atom. The molecular weight excluding hydrogens is 1510 g/mol. The number of fused-ring (bicyclic) bond motifs is 2. The molecular formula is C78H100N5O28PSi. The molecule has 614 valence electrons. The Balaban J connectivity index is 0.954. The lowest BCUT2D eigenvalue weighted by molar-refractivity contribution is -0.384. The number of carbonyl (C=O) groups is 6. The second-order valence-corrected chi connectivity index (χ2v) is 35.9. The Labute approximate surface area is 655 Å². The molecule has 33 nitrogen and oxygen atoms in total. The molecule has 23 atom stereocenters. The maximum absolute atomic E-state index is 15.8. The van der Waals surface area contributed by atoms with Gasteiger partial charge in [0.25, 0.3) is 5.69 Å². The van der Waals surface area contributed by atoms with Crippen molar-refractivity contribution in [2.24, 2.45) is 0 Å². The van der Waals surface area contributed by atoms with Crippen LogP contribution >= 0.6 is 7.82 Å². The molecule has 6 saturated heterocycles. The van der Waals surface area contributed by atoms with E-state index in [9.17, 15) is 43.8 Å². The summed E-state index contributed by atoms with van der Waals surface area (Å²) < 4.78 is 134. The number of esters is 2. The van der Waals surface area contributed by atoms with Crippen LogP contribution in [0.1, 0.15) is 103 Å². The number of rotatable bonds is 31. The average Bonchev–Trinajstić information content (AvgIpc) is 0.754. The Kier molecular flexibility index (Phi) is 29.4. The van der Waals surface area contributed by atoms with Crippen LogP contribution in [0.15, 0.2) is 146 Å². The van der Waals surface area contributed by atoms with E-state index in [1.54, 1.807) is 66.7 Å². The second-order valence-electron chi connectivity index (χ2n) is 29.8. The number of non-ortho nitro benzene ring substituents is 1. The van der Waals surface area contributed by atoms with Crippen LogP contribution in [0.25, 0.3) is 0 Å². The zero-order valence-electron chi connectivity index (χ0n) is 64.6. The van der Waals surface area contributed by atoms with E-state index < -0.39 is 203 Å². The van der Waals surface area contributed by atoms with Gasteiger partial charge in [0.15, 0.2) is 58.3 Å². The summed E-state index contributed by atoms with van der Waals surface area (Å²) in [4.78, 5) is 106. The third-order valence-electron chi connectivity index (χ3n) is 20.1. The summed E-state index contributed by atoms with van der Waals surface area (Å²) >= 11 is 0. The maximum atomic E-state index is 15.8. The lowest BCUT2D eigenvalue weighted by Gasteiger charge is -2.54. The molecule has 6 fully saturated rings. The zero-order chi connectivity index (χ0) is 80.9. The summed E-state index contributed by atoms with van der Waals surface area (Å²) in [7, 11) is -8.76. The molecule has 11 rings (SSSR count). The van der Waals surface area contributed by atoms with E-state index in [0.29, 0.717) is 22.3 Å². The monoisotopic (exact) mass is 1610 g/mol. The number of phosphoric acid groups is 1. The Morgan fingerprint density at radius 1 is 0.504 bits per heavy atom. The molecule has 113 heavy (non-hydrogen) atoms. The van der Waals surface area contributed by atoms with Crippen molar-refractivity contribution in [1.82, 2.24) is 21.3 Å². The highest BCUT2D eigenvalue weighted by atomic mass is 31.2. The van der Waals surface area contributed by atoms with E-state index in [-0.39, 0.29) is 51.7 Å². The van der Waals surface area contributed by atoms with Gasteiger partial charge in [0, 0.05) is 64.8 Å². The van der Waals surface area contributed by atoms with E-state index in [0.717, 1.165) is 33.3 Å². The summed E-state index contributed by atoms with van der Waals surface area (Å²) in [5.74, 6) is -4.52. The number of amides is 4. The van der Waals surface area contributed by atoms with Crippen molar-refractivity contribution in [2.75, 3.05) is 33.0 Å². The molecule has 0 aromatic heterocycles. The molecule has 0 aliphatic carbocycles. The Morgan fingerprint density at radius 2 is 0.903 bits per heavy atom. The van der Waals surface area contributed by atoms with Crippen LogP contribution in [0.5, 0.6) is 0 Å². The van der Waals surface area contributed by atoms with E-state index in [2.05, 4.69) is 42.0 Å². The first-order valence-corrected chi connectivity index (χ1v) is 41.7. The quantitative estimate of drug-likeness (QED) is 0.00957. The molecule has 6 heterocycles. The minimum atomic E-state index is -5.91. The fourth-order valence-corrected chi connectivity index (χ4v) is 16.4. The minimum Gasteiger partial charge on any atom is -0.457 e. The van der Waals surface area contributed by atoms with Crippen LogP contribution in [0, 0.1) is 10.1 Å². The fraction of sp³-hybridized carbons (Fsp3) is 0.538. The Hall–Kier alpha value is -7.91. The van der Waals surface area contributed by atoms with Crippen molar-refractivity contribution in [3.8, 4) is 0 Å². The van der Waals surface area contributed by atoms with E-state index in [1.807, 2.05) is 79.8 Å². The van der Waals surface area contributed by atoms with E-state index >= 15 is 4.57 Å². The average molecular weight is 1610 g/mol. The maximum Gasteiger partial charge on any atom is 0.475 e. The molecule has 0 spiro atoms. The van der Waals surface area contributed by atoms with Crippen LogP contribution < -0.4 is 21.3 Å². The lowest BCUT2D eigenvalue weighted by Crippen LogP contribution is -2.72. The molecule has 4 amide bonds. The molecule has 0 bridgehead atoms. The van der Waals surface area contributed by atoms with Crippen molar-refractivity contribution in [3.63, 3.8) is 0 Å². The van der Waals surface area contributed by atoms with Gasteiger partial charge < -0.3 is 102 Å². The number of nitro benzene ring substituents is 1.